The van der Waals surface area contributed by atoms with Gasteiger partial charge in [-0.2, -0.15) is 0 Å². The van der Waals surface area contributed by atoms with Gasteiger partial charge in [0.2, 0.25) is 11.8 Å². The Kier molecular flexibility index (Phi) is 3.25. The molecule has 1 N–H and O–H groups in total. The number of nitrogens with zero attached hydrogens (tertiary/aromatic N) is 1. The first-order valence-corrected chi connectivity index (χ1v) is 7.36. The van der Waals surface area contributed by atoms with Crippen molar-refractivity contribution in [3.63, 3.8) is 0 Å². The molecule has 5 nitrogen and oxygen atoms in total. The summed E-state index contributed by atoms with van der Waals surface area (Å²) in [6, 6.07) is 0. The van der Waals surface area contributed by atoms with Gasteiger partial charge in [0.05, 0.1) is 18.8 Å². The maximum Gasteiger partial charge on any atom is 0.246 e. The van der Waals surface area contributed by atoms with Crippen molar-refractivity contribution in [2.45, 2.75) is 63.2 Å². The number of rotatable bonds is 2. The van der Waals surface area contributed by atoms with E-state index >= 15 is 0 Å². The molecule has 3 rings (SSSR count). The van der Waals surface area contributed by atoms with Crippen molar-refractivity contribution in [1.29, 1.82) is 0 Å². The highest BCUT2D eigenvalue weighted by Crippen LogP contribution is 2.38. The molecule has 0 aromatic heterocycles. The van der Waals surface area contributed by atoms with E-state index in [0.717, 1.165) is 38.5 Å². The van der Waals surface area contributed by atoms with Crippen molar-refractivity contribution in [2.24, 2.45) is 0 Å². The molecular weight excluding hydrogens is 244 g/mol. The van der Waals surface area contributed by atoms with E-state index in [4.69, 9.17) is 4.74 Å². The second kappa shape index (κ2) is 4.78. The molecule has 1 spiro atoms. The molecule has 2 heterocycles. The SMILES string of the molecule is CC1CCC(CN2C(=O)CNC(=O)C23CCCC3)O1. The molecule has 2 atom stereocenters. The first-order valence-electron chi connectivity index (χ1n) is 7.36. The lowest BCUT2D eigenvalue weighted by atomic mass is 9.91. The Labute approximate surface area is 113 Å². The van der Waals surface area contributed by atoms with E-state index in [1.54, 1.807) is 0 Å². The quantitative estimate of drug-likeness (QED) is 0.805. The second-order valence-corrected chi connectivity index (χ2v) is 6.07. The average Bonchev–Trinajstić information content (AvgIpc) is 3.01. The topological polar surface area (TPSA) is 58.6 Å². The van der Waals surface area contributed by atoms with E-state index < -0.39 is 5.54 Å². The van der Waals surface area contributed by atoms with E-state index in [1.807, 2.05) is 4.90 Å². The smallest absolute Gasteiger partial charge is 0.246 e. The lowest BCUT2D eigenvalue weighted by Gasteiger charge is -2.44. The molecule has 3 aliphatic rings. The third-order valence-corrected chi connectivity index (χ3v) is 4.78. The number of ether oxygens (including phenoxy) is 1. The lowest BCUT2D eigenvalue weighted by molar-refractivity contribution is -0.155. The van der Waals surface area contributed by atoms with Crippen LogP contribution in [0.5, 0.6) is 0 Å². The van der Waals surface area contributed by atoms with Crippen molar-refractivity contribution in [3.05, 3.63) is 0 Å². The van der Waals surface area contributed by atoms with Crippen LogP contribution >= 0.6 is 0 Å². The monoisotopic (exact) mass is 266 g/mol. The van der Waals surface area contributed by atoms with E-state index in [0.29, 0.717) is 6.54 Å². The number of nitrogens with one attached hydrogen (secondary N) is 1. The largest absolute Gasteiger partial charge is 0.373 e. The molecule has 2 amide bonds. The number of piperazine rings is 1. The van der Waals surface area contributed by atoms with E-state index in [2.05, 4.69) is 12.2 Å². The maximum atomic E-state index is 12.3. The van der Waals surface area contributed by atoms with E-state index in [-0.39, 0.29) is 30.6 Å². The van der Waals surface area contributed by atoms with Gasteiger partial charge in [0.25, 0.3) is 0 Å². The fraction of sp³-hybridized carbons (Fsp3) is 0.857. The zero-order valence-corrected chi connectivity index (χ0v) is 11.5. The molecule has 0 aromatic rings. The Morgan fingerprint density at radius 2 is 2.05 bits per heavy atom. The van der Waals surface area contributed by atoms with Crippen molar-refractivity contribution < 1.29 is 14.3 Å². The minimum atomic E-state index is -0.579. The molecule has 2 saturated heterocycles. The third-order valence-electron chi connectivity index (χ3n) is 4.78. The average molecular weight is 266 g/mol. The molecule has 2 unspecified atom stereocenters. The fourth-order valence-electron chi connectivity index (χ4n) is 3.73. The normalized spacial score (nSPS) is 34.1. The molecule has 2 aliphatic heterocycles. The van der Waals surface area contributed by atoms with Crippen LogP contribution < -0.4 is 5.32 Å². The first-order chi connectivity index (χ1) is 9.12. The van der Waals surface area contributed by atoms with Gasteiger partial charge in [0, 0.05) is 6.54 Å². The summed E-state index contributed by atoms with van der Waals surface area (Å²) in [4.78, 5) is 26.3. The summed E-state index contributed by atoms with van der Waals surface area (Å²) in [7, 11) is 0. The Morgan fingerprint density at radius 3 is 2.68 bits per heavy atom. The van der Waals surface area contributed by atoms with Crippen LogP contribution in [0.4, 0.5) is 0 Å². The van der Waals surface area contributed by atoms with Crippen molar-refractivity contribution in [1.82, 2.24) is 10.2 Å². The summed E-state index contributed by atoms with van der Waals surface area (Å²) >= 11 is 0. The highest BCUT2D eigenvalue weighted by atomic mass is 16.5. The molecule has 1 saturated carbocycles. The minimum absolute atomic E-state index is 0.0376. The summed E-state index contributed by atoms with van der Waals surface area (Å²) in [6.45, 7) is 2.79. The third kappa shape index (κ3) is 2.14. The fourth-order valence-corrected chi connectivity index (χ4v) is 3.73. The number of hydrogen-bond acceptors (Lipinski definition) is 3. The Balaban J connectivity index is 1.78. The molecule has 106 valence electrons. The highest BCUT2D eigenvalue weighted by Gasteiger charge is 2.51. The molecule has 0 radical (unpaired) electrons. The van der Waals surface area contributed by atoms with Gasteiger partial charge >= 0.3 is 0 Å². The van der Waals surface area contributed by atoms with Gasteiger partial charge in [-0.3, -0.25) is 9.59 Å². The lowest BCUT2D eigenvalue weighted by Crippen LogP contribution is -2.67. The van der Waals surface area contributed by atoms with Gasteiger partial charge in [-0.15, -0.1) is 0 Å². The van der Waals surface area contributed by atoms with Crippen LogP contribution in [0, 0.1) is 0 Å². The van der Waals surface area contributed by atoms with Gasteiger partial charge in [-0.25, -0.2) is 0 Å². The van der Waals surface area contributed by atoms with Gasteiger partial charge in [0.1, 0.15) is 5.54 Å². The van der Waals surface area contributed by atoms with Gasteiger partial charge in [0.15, 0.2) is 0 Å². The zero-order chi connectivity index (χ0) is 13.5. The predicted molar refractivity (Wildman–Crippen MR) is 69.5 cm³/mol. The summed E-state index contributed by atoms with van der Waals surface area (Å²) in [5, 5.41) is 2.76. The van der Waals surface area contributed by atoms with E-state index in [1.165, 1.54) is 0 Å². The number of carbonyl (C=O) groups excluding carboxylic acids is 2. The molecule has 1 aliphatic carbocycles. The Morgan fingerprint density at radius 1 is 1.32 bits per heavy atom. The predicted octanol–water partition coefficient (Wildman–Crippen LogP) is 0.825. The summed E-state index contributed by atoms with van der Waals surface area (Å²) < 4.78 is 5.82. The van der Waals surface area contributed by atoms with E-state index in [9.17, 15) is 9.59 Å². The van der Waals surface area contributed by atoms with Crippen LogP contribution in [0.3, 0.4) is 0 Å². The second-order valence-electron chi connectivity index (χ2n) is 6.07. The van der Waals surface area contributed by atoms with Crippen molar-refractivity contribution >= 4 is 11.8 Å². The number of amides is 2. The highest BCUT2D eigenvalue weighted by molar-refractivity contribution is 5.98. The standard InChI is InChI=1S/C14H22N2O3/c1-10-4-5-11(19-10)9-16-12(17)8-15-13(18)14(16)6-2-3-7-14/h10-11H,2-9H2,1H3,(H,15,18). The summed E-state index contributed by atoms with van der Waals surface area (Å²) in [6.07, 6.45) is 6.06. The maximum absolute atomic E-state index is 12.3. The van der Waals surface area contributed by atoms with Crippen LogP contribution in [0.2, 0.25) is 0 Å². The van der Waals surface area contributed by atoms with Crippen LogP contribution in [0.15, 0.2) is 0 Å². The van der Waals surface area contributed by atoms with Gasteiger partial charge in [-0.1, -0.05) is 12.8 Å². The summed E-state index contributed by atoms with van der Waals surface area (Å²) in [5.74, 6) is 0.0836. The van der Waals surface area contributed by atoms with Gasteiger partial charge in [-0.05, 0) is 32.6 Å². The van der Waals surface area contributed by atoms with Crippen LogP contribution in [0.25, 0.3) is 0 Å². The van der Waals surface area contributed by atoms with Crippen molar-refractivity contribution in [3.8, 4) is 0 Å². The minimum Gasteiger partial charge on any atom is -0.373 e. The molecular formula is C14H22N2O3. The Bertz CT molecular complexity index is 390. The molecule has 0 bridgehead atoms. The molecule has 3 fully saturated rings. The number of hydrogen-bond donors (Lipinski definition) is 1. The summed E-state index contributed by atoms with van der Waals surface area (Å²) in [5.41, 5.74) is -0.579. The molecule has 0 aromatic carbocycles. The Hall–Kier alpha value is -1.10. The number of carbonyl (C=O) groups is 2. The molecule has 19 heavy (non-hydrogen) atoms. The first kappa shape index (κ1) is 12.9. The van der Waals surface area contributed by atoms with Gasteiger partial charge < -0.3 is 15.0 Å². The van der Waals surface area contributed by atoms with Crippen LogP contribution in [-0.2, 0) is 14.3 Å². The van der Waals surface area contributed by atoms with Crippen molar-refractivity contribution in [2.75, 3.05) is 13.1 Å². The van der Waals surface area contributed by atoms with Crippen LogP contribution in [-0.4, -0.2) is 47.6 Å². The van der Waals surface area contributed by atoms with Crippen LogP contribution in [0.1, 0.15) is 45.4 Å². The molecule has 5 heteroatoms. The zero-order valence-electron chi connectivity index (χ0n) is 11.5.